The van der Waals surface area contributed by atoms with E-state index in [1.165, 1.54) is 36.2 Å². The highest BCUT2D eigenvalue weighted by molar-refractivity contribution is 5.52. The standard InChI is InChI=1S/C16H26N2/c1-12(2)16-5-4-10-18(16)15-7-6-14(8-9-17)13(3)11-15/h6-7,11-12,16H,4-5,8-10,17H2,1-3H3. The highest BCUT2D eigenvalue weighted by Gasteiger charge is 2.27. The van der Waals surface area contributed by atoms with Crippen molar-refractivity contribution in [3.63, 3.8) is 0 Å². The fraction of sp³-hybridized carbons (Fsp3) is 0.625. The Labute approximate surface area is 111 Å². The molecule has 2 N–H and O–H groups in total. The number of anilines is 1. The second-order valence-electron chi connectivity index (χ2n) is 5.80. The van der Waals surface area contributed by atoms with Crippen LogP contribution in [-0.4, -0.2) is 19.1 Å². The van der Waals surface area contributed by atoms with Gasteiger partial charge in [0.2, 0.25) is 0 Å². The molecule has 0 bridgehead atoms. The number of rotatable bonds is 4. The van der Waals surface area contributed by atoms with E-state index in [0.717, 1.165) is 18.9 Å². The molecule has 1 saturated heterocycles. The zero-order chi connectivity index (χ0) is 13.1. The maximum absolute atomic E-state index is 5.64. The van der Waals surface area contributed by atoms with Gasteiger partial charge in [-0.3, -0.25) is 0 Å². The van der Waals surface area contributed by atoms with Crippen LogP contribution in [0.2, 0.25) is 0 Å². The van der Waals surface area contributed by atoms with Crippen molar-refractivity contribution in [1.82, 2.24) is 0 Å². The Hall–Kier alpha value is -1.02. The molecule has 1 aliphatic heterocycles. The molecule has 0 aliphatic carbocycles. The molecule has 1 atom stereocenters. The van der Waals surface area contributed by atoms with E-state index in [-0.39, 0.29) is 0 Å². The van der Waals surface area contributed by atoms with Crippen LogP contribution in [0, 0.1) is 12.8 Å². The lowest BCUT2D eigenvalue weighted by Crippen LogP contribution is -2.33. The summed E-state index contributed by atoms with van der Waals surface area (Å²) >= 11 is 0. The van der Waals surface area contributed by atoms with Crippen molar-refractivity contribution in [3.8, 4) is 0 Å². The van der Waals surface area contributed by atoms with E-state index >= 15 is 0 Å². The molecule has 1 fully saturated rings. The van der Waals surface area contributed by atoms with E-state index in [9.17, 15) is 0 Å². The van der Waals surface area contributed by atoms with Crippen molar-refractivity contribution in [2.24, 2.45) is 11.7 Å². The average Bonchev–Trinajstić information content (AvgIpc) is 2.81. The van der Waals surface area contributed by atoms with Gasteiger partial charge in [0.05, 0.1) is 0 Å². The molecular formula is C16H26N2. The van der Waals surface area contributed by atoms with Crippen LogP contribution in [0.4, 0.5) is 5.69 Å². The van der Waals surface area contributed by atoms with Gasteiger partial charge in [-0.05, 0) is 61.9 Å². The van der Waals surface area contributed by atoms with E-state index in [0.29, 0.717) is 6.04 Å². The molecule has 2 rings (SSSR count). The minimum Gasteiger partial charge on any atom is -0.368 e. The fourth-order valence-electron chi connectivity index (χ4n) is 3.10. The Kier molecular flexibility index (Phi) is 4.28. The Morgan fingerprint density at radius 1 is 1.39 bits per heavy atom. The van der Waals surface area contributed by atoms with Crippen LogP contribution < -0.4 is 10.6 Å². The molecule has 100 valence electrons. The molecule has 1 unspecified atom stereocenters. The first-order valence-electron chi connectivity index (χ1n) is 7.19. The van der Waals surface area contributed by atoms with Gasteiger partial charge in [-0.2, -0.15) is 0 Å². The maximum Gasteiger partial charge on any atom is 0.0371 e. The van der Waals surface area contributed by atoms with Crippen LogP contribution >= 0.6 is 0 Å². The molecule has 0 radical (unpaired) electrons. The predicted molar refractivity (Wildman–Crippen MR) is 79.1 cm³/mol. The Morgan fingerprint density at radius 3 is 2.78 bits per heavy atom. The molecule has 2 nitrogen and oxygen atoms in total. The summed E-state index contributed by atoms with van der Waals surface area (Å²) in [4.78, 5) is 2.59. The van der Waals surface area contributed by atoms with E-state index in [1.54, 1.807) is 0 Å². The van der Waals surface area contributed by atoms with E-state index < -0.39 is 0 Å². The lowest BCUT2D eigenvalue weighted by Gasteiger charge is -2.30. The van der Waals surface area contributed by atoms with Crippen molar-refractivity contribution in [2.75, 3.05) is 18.0 Å². The van der Waals surface area contributed by atoms with Gasteiger partial charge in [0.25, 0.3) is 0 Å². The lowest BCUT2D eigenvalue weighted by atomic mass is 10.00. The zero-order valence-electron chi connectivity index (χ0n) is 11.9. The average molecular weight is 246 g/mol. The molecule has 18 heavy (non-hydrogen) atoms. The van der Waals surface area contributed by atoms with E-state index in [1.807, 2.05) is 0 Å². The van der Waals surface area contributed by atoms with Crippen LogP contribution in [0.5, 0.6) is 0 Å². The number of nitrogens with zero attached hydrogens (tertiary/aromatic N) is 1. The Morgan fingerprint density at radius 2 is 2.17 bits per heavy atom. The first-order chi connectivity index (χ1) is 8.63. The van der Waals surface area contributed by atoms with Crippen molar-refractivity contribution < 1.29 is 0 Å². The van der Waals surface area contributed by atoms with Gasteiger partial charge < -0.3 is 10.6 Å². The van der Waals surface area contributed by atoms with Crippen molar-refractivity contribution >= 4 is 5.69 Å². The fourth-order valence-corrected chi connectivity index (χ4v) is 3.10. The second kappa shape index (κ2) is 5.75. The summed E-state index contributed by atoms with van der Waals surface area (Å²) in [6.07, 6.45) is 3.65. The predicted octanol–water partition coefficient (Wildman–Crippen LogP) is 3.12. The van der Waals surface area contributed by atoms with Gasteiger partial charge in [0.1, 0.15) is 0 Å². The van der Waals surface area contributed by atoms with Gasteiger partial charge in [0.15, 0.2) is 0 Å². The van der Waals surface area contributed by atoms with Crippen LogP contribution in [0.15, 0.2) is 18.2 Å². The highest BCUT2D eigenvalue weighted by Crippen LogP contribution is 2.30. The molecule has 2 heteroatoms. The summed E-state index contributed by atoms with van der Waals surface area (Å²) in [5, 5.41) is 0. The van der Waals surface area contributed by atoms with Gasteiger partial charge in [-0.25, -0.2) is 0 Å². The van der Waals surface area contributed by atoms with E-state index in [2.05, 4.69) is 43.9 Å². The summed E-state index contributed by atoms with van der Waals surface area (Å²) in [5.41, 5.74) is 9.81. The summed E-state index contributed by atoms with van der Waals surface area (Å²) in [7, 11) is 0. The van der Waals surface area contributed by atoms with Gasteiger partial charge >= 0.3 is 0 Å². The van der Waals surface area contributed by atoms with Crippen molar-refractivity contribution in [3.05, 3.63) is 29.3 Å². The molecule has 1 aliphatic rings. The number of hydrogen-bond donors (Lipinski definition) is 1. The van der Waals surface area contributed by atoms with Crippen molar-refractivity contribution in [2.45, 2.75) is 46.1 Å². The van der Waals surface area contributed by atoms with Gasteiger partial charge in [-0.1, -0.05) is 19.9 Å². The molecule has 0 spiro atoms. The highest BCUT2D eigenvalue weighted by atomic mass is 15.2. The number of aryl methyl sites for hydroxylation is 1. The molecular weight excluding hydrogens is 220 g/mol. The molecule has 0 aromatic heterocycles. The summed E-state index contributed by atoms with van der Waals surface area (Å²) in [5.74, 6) is 0.733. The Balaban J connectivity index is 2.20. The maximum atomic E-state index is 5.64. The molecule has 0 amide bonds. The molecule has 1 aromatic rings. The van der Waals surface area contributed by atoms with Crippen LogP contribution in [0.25, 0.3) is 0 Å². The number of hydrogen-bond acceptors (Lipinski definition) is 2. The third-order valence-corrected chi connectivity index (χ3v) is 4.14. The molecule has 0 saturated carbocycles. The number of benzene rings is 1. The van der Waals surface area contributed by atoms with Gasteiger partial charge in [-0.15, -0.1) is 0 Å². The summed E-state index contributed by atoms with van der Waals surface area (Å²) in [6, 6.07) is 7.59. The first kappa shape index (κ1) is 13.4. The smallest absolute Gasteiger partial charge is 0.0371 e. The third kappa shape index (κ3) is 2.69. The van der Waals surface area contributed by atoms with Crippen LogP contribution in [0.3, 0.4) is 0 Å². The normalized spacial score (nSPS) is 19.8. The van der Waals surface area contributed by atoms with Crippen LogP contribution in [0.1, 0.15) is 37.8 Å². The molecule has 1 heterocycles. The monoisotopic (exact) mass is 246 g/mol. The molecule has 1 aromatic carbocycles. The third-order valence-electron chi connectivity index (χ3n) is 4.14. The van der Waals surface area contributed by atoms with E-state index in [4.69, 9.17) is 5.73 Å². The minimum absolute atomic E-state index is 0.713. The number of nitrogens with two attached hydrogens (primary N) is 1. The van der Waals surface area contributed by atoms with Crippen molar-refractivity contribution in [1.29, 1.82) is 0 Å². The minimum atomic E-state index is 0.713. The topological polar surface area (TPSA) is 29.3 Å². The van der Waals surface area contributed by atoms with Crippen LogP contribution in [-0.2, 0) is 6.42 Å². The zero-order valence-corrected chi connectivity index (χ0v) is 11.9. The SMILES string of the molecule is Cc1cc(N2CCCC2C(C)C)ccc1CCN. The largest absolute Gasteiger partial charge is 0.368 e. The summed E-state index contributed by atoms with van der Waals surface area (Å²) in [6.45, 7) is 8.81. The Bertz CT molecular complexity index is 398. The lowest BCUT2D eigenvalue weighted by molar-refractivity contribution is 0.492. The first-order valence-corrected chi connectivity index (χ1v) is 7.19. The second-order valence-corrected chi connectivity index (χ2v) is 5.80. The summed E-state index contributed by atoms with van der Waals surface area (Å²) < 4.78 is 0. The van der Waals surface area contributed by atoms with Gasteiger partial charge in [0, 0.05) is 18.3 Å². The quantitative estimate of drug-likeness (QED) is 0.884.